The molecular formula is C16H12F3NO4. The molecular weight excluding hydrogens is 327 g/mol. The van der Waals surface area contributed by atoms with E-state index in [2.05, 4.69) is 10.1 Å². The number of carbonyl (C=O) groups is 2. The van der Waals surface area contributed by atoms with Gasteiger partial charge in [-0.1, -0.05) is 0 Å². The van der Waals surface area contributed by atoms with Gasteiger partial charge in [-0.25, -0.2) is 18.0 Å². The van der Waals surface area contributed by atoms with Crippen LogP contribution in [-0.4, -0.2) is 25.1 Å². The van der Waals surface area contributed by atoms with Gasteiger partial charge in [0.2, 0.25) is 0 Å². The molecule has 0 atom stereocenters. The Hall–Kier alpha value is -3.03. The van der Waals surface area contributed by atoms with Crippen LogP contribution in [0, 0.1) is 17.5 Å². The number of ether oxygens (including phenoxy) is 2. The number of halogens is 3. The second-order valence-corrected chi connectivity index (χ2v) is 4.58. The van der Waals surface area contributed by atoms with Crippen molar-refractivity contribution < 1.29 is 32.2 Å². The fourth-order valence-electron chi connectivity index (χ4n) is 1.64. The van der Waals surface area contributed by atoms with Gasteiger partial charge in [0.25, 0.3) is 5.91 Å². The van der Waals surface area contributed by atoms with Gasteiger partial charge < -0.3 is 14.8 Å². The van der Waals surface area contributed by atoms with Gasteiger partial charge in [0.05, 0.1) is 5.69 Å². The summed E-state index contributed by atoms with van der Waals surface area (Å²) in [7, 11) is 0. The average Bonchev–Trinajstić information content (AvgIpc) is 2.56. The lowest BCUT2D eigenvalue weighted by Gasteiger charge is -2.08. The minimum atomic E-state index is -0.853. The molecule has 0 spiro atoms. The number of carbonyl (C=O) groups excluding carboxylic acids is 2. The first-order chi connectivity index (χ1) is 11.4. The molecule has 2 aromatic rings. The maximum absolute atomic E-state index is 13.3. The number of anilines is 1. The number of amides is 1. The molecule has 126 valence electrons. The van der Waals surface area contributed by atoms with Crippen molar-refractivity contribution in [3.8, 4) is 5.75 Å². The molecule has 24 heavy (non-hydrogen) atoms. The van der Waals surface area contributed by atoms with E-state index in [4.69, 9.17) is 4.74 Å². The first-order valence-corrected chi connectivity index (χ1v) is 6.73. The van der Waals surface area contributed by atoms with E-state index in [-0.39, 0.29) is 11.4 Å². The van der Waals surface area contributed by atoms with Gasteiger partial charge in [0.15, 0.2) is 13.2 Å². The van der Waals surface area contributed by atoms with Crippen molar-refractivity contribution in [3.63, 3.8) is 0 Å². The number of hydrogen-bond donors (Lipinski definition) is 1. The van der Waals surface area contributed by atoms with E-state index in [0.29, 0.717) is 0 Å². The van der Waals surface area contributed by atoms with E-state index >= 15 is 0 Å². The molecule has 0 aromatic heterocycles. The van der Waals surface area contributed by atoms with Crippen LogP contribution in [0.4, 0.5) is 18.9 Å². The van der Waals surface area contributed by atoms with E-state index in [9.17, 15) is 22.8 Å². The van der Waals surface area contributed by atoms with Gasteiger partial charge in [0.1, 0.15) is 23.2 Å². The van der Waals surface area contributed by atoms with Gasteiger partial charge in [-0.3, -0.25) is 4.79 Å². The summed E-state index contributed by atoms with van der Waals surface area (Å²) in [6, 6.07) is 7.51. The highest BCUT2D eigenvalue weighted by molar-refractivity contribution is 5.92. The normalized spacial score (nSPS) is 10.1. The number of esters is 1. The molecule has 2 rings (SSSR count). The molecule has 0 aliphatic carbocycles. The summed E-state index contributed by atoms with van der Waals surface area (Å²) in [6.07, 6.45) is 0. The lowest BCUT2D eigenvalue weighted by Crippen LogP contribution is -2.24. The van der Waals surface area contributed by atoms with Crippen molar-refractivity contribution in [1.82, 2.24) is 0 Å². The Bertz CT molecular complexity index is 735. The van der Waals surface area contributed by atoms with Crippen molar-refractivity contribution in [3.05, 3.63) is 59.9 Å². The van der Waals surface area contributed by atoms with E-state index in [1.807, 2.05) is 0 Å². The third kappa shape index (κ3) is 5.31. The van der Waals surface area contributed by atoms with Gasteiger partial charge in [-0.15, -0.1) is 0 Å². The van der Waals surface area contributed by atoms with Crippen LogP contribution in [0.25, 0.3) is 0 Å². The summed E-state index contributed by atoms with van der Waals surface area (Å²) in [6.45, 7) is -1.19. The van der Waals surface area contributed by atoms with Gasteiger partial charge in [-0.05, 0) is 36.4 Å². The molecule has 0 unspecified atom stereocenters. The number of rotatable bonds is 6. The van der Waals surface area contributed by atoms with Gasteiger partial charge in [0, 0.05) is 6.07 Å². The topological polar surface area (TPSA) is 64.6 Å². The van der Waals surface area contributed by atoms with Crippen LogP contribution in [-0.2, 0) is 14.3 Å². The van der Waals surface area contributed by atoms with E-state index in [1.165, 1.54) is 12.1 Å². The summed E-state index contributed by atoms with van der Waals surface area (Å²) >= 11 is 0. The van der Waals surface area contributed by atoms with Crippen molar-refractivity contribution >= 4 is 17.6 Å². The molecule has 0 bridgehead atoms. The van der Waals surface area contributed by atoms with Crippen LogP contribution in [0.1, 0.15) is 0 Å². The predicted molar refractivity (Wildman–Crippen MR) is 77.8 cm³/mol. The zero-order valence-electron chi connectivity index (χ0n) is 12.2. The lowest BCUT2D eigenvalue weighted by atomic mass is 10.3. The highest BCUT2D eigenvalue weighted by Gasteiger charge is 2.11. The van der Waals surface area contributed by atoms with Crippen molar-refractivity contribution in [2.75, 3.05) is 18.5 Å². The first kappa shape index (κ1) is 17.3. The molecule has 0 aliphatic heterocycles. The summed E-state index contributed by atoms with van der Waals surface area (Å²) in [4.78, 5) is 23.0. The second kappa shape index (κ2) is 8.00. The summed E-state index contributed by atoms with van der Waals surface area (Å²) < 4.78 is 48.6. The van der Waals surface area contributed by atoms with Crippen molar-refractivity contribution in [1.29, 1.82) is 0 Å². The van der Waals surface area contributed by atoms with Crippen LogP contribution in [0.3, 0.4) is 0 Å². The molecule has 1 N–H and O–H groups in total. The number of nitrogens with one attached hydrogen (secondary N) is 1. The van der Waals surface area contributed by atoms with Crippen LogP contribution in [0.15, 0.2) is 42.5 Å². The SMILES string of the molecule is O=C(COC(=O)COc1ccc(F)cc1)Nc1cc(F)ccc1F. The monoisotopic (exact) mass is 339 g/mol. The zero-order valence-corrected chi connectivity index (χ0v) is 12.2. The largest absolute Gasteiger partial charge is 0.482 e. The summed E-state index contributed by atoms with van der Waals surface area (Å²) in [5.74, 6) is -3.44. The number of benzene rings is 2. The molecule has 2 aromatic carbocycles. The Labute approximate surface area is 135 Å². The smallest absolute Gasteiger partial charge is 0.344 e. The van der Waals surface area contributed by atoms with Gasteiger partial charge >= 0.3 is 5.97 Å². The summed E-state index contributed by atoms with van der Waals surface area (Å²) in [5.41, 5.74) is -0.362. The Kier molecular flexibility index (Phi) is 5.78. The Morgan fingerprint density at radius 1 is 0.917 bits per heavy atom. The standard InChI is InChI=1S/C16H12F3NO4/c17-10-1-4-12(5-2-10)23-9-16(22)24-8-15(21)20-14-7-11(18)3-6-13(14)19/h1-7H,8-9H2,(H,20,21). The Morgan fingerprint density at radius 3 is 2.29 bits per heavy atom. The lowest BCUT2D eigenvalue weighted by molar-refractivity contribution is -0.149. The van der Waals surface area contributed by atoms with E-state index in [0.717, 1.165) is 30.3 Å². The van der Waals surface area contributed by atoms with Crippen molar-refractivity contribution in [2.24, 2.45) is 0 Å². The molecule has 0 saturated heterocycles. The highest BCUT2D eigenvalue weighted by atomic mass is 19.1. The fourth-order valence-corrected chi connectivity index (χ4v) is 1.64. The quantitative estimate of drug-likeness (QED) is 0.822. The molecule has 0 radical (unpaired) electrons. The molecule has 0 heterocycles. The highest BCUT2D eigenvalue weighted by Crippen LogP contribution is 2.15. The number of hydrogen-bond acceptors (Lipinski definition) is 4. The molecule has 0 fully saturated rings. The fraction of sp³-hybridized carbons (Fsp3) is 0.125. The van der Waals surface area contributed by atoms with Crippen LogP contribution < -0.4 is 10.1 Å². The third-order valence-electron chi connectivity index (χ3n) is 2.74. The van der Waals surface area contributed by atoms with Gasteiger partial charge in [-0.2, -0.15) is 0 Å². The second-order valence-electron chi connectivity index (χ2n) is 4.58. The van der Waals surface area contributed by atoms with Crippen LogP contribution in [0.2, 0.25) is 0 Å². The average molecular weight is 339 g/mol. The minimum absolute atomic E-state index is 0.250. The van der Waals surface area contributed by atoms with Crippen LogP contribution in [0.5, 0.6) is 5.75 Å². The Balaban J connectivity index is 1.75. The maximum Gasteiger partial charge on any atom is 0.344 e. The zero-order chi connectivity index (χ0) is 17.5. The van der Waals surface area contributed by atoms with E-state index in [1.54, 1.807) is 0 Å². The first-order valence-electron chi connectivity index (χ1n) is 6.73. The van der Waals surface area contributed by atoms with Crippen molar-refractivity contribution in [2.45, 2.75) is 0 Å². The third-order valence-corrected chi connectivity index (χ3v) is 2.74. The summed E-state index contributed by atoms with van der Waals surface area (Å²) in [5, 5.41) is 2.07. The Morgan fingerprint density at radius 2 is 1.58 bits per heavy atom. The van der Waals surface area contributed by atoms with Crippen LogP contribution >= 0.6 is 0 Å². The molecule has 8 heteroatoms. The predicted octanol–water partition coefficient (Wildman–Crippen LogP) is 2.66. The molecule has 5 nitrogen and oxygen atoms in total. The minimum Gasteiger partial charge on any atom is -0.482 e. The maximum atomic E-state index is 13.3. The molecule has 1 amide bonds. The van der Waals surface area contributed by atoms with E-state index < -0.39 is 42.5 Å². The molecule has 0 aliphatic rings. The molecule has 0 saturated carbocycles.